The summed E-state index contributed by atoms with van der Waals surface area (Å²) in [5.74, 6) is -1.79. The molecule has 0 saturated carbocycles. The second kappa shape index (κ2) is 10.6. The molecule has 0 bridgehead atoms. The second-order valence-corrected chi connectivity index (χ2v) is 9.57. The van der Waals surface area contributed by atoms with Gasteiger partial charge in [-0.15, -0.1) is 0 Å². The van der Waals surface area contributed by atoms with Crippen molar-refractivity contribution in [2.45, 2.75) is 52.3 Å². The van der Waals surface area contributed by atoms with Gasteiger partial charge in [0.05, 0.1) is 38.6 Å². The highest BCUT2D eigenvalue weighted by Crippen LogP contribution is 2.45. The van der Waals surface area contributed by atoms with E-state index in [1.165, 1.54) is 38.6 Å². The zero-order chi connectivity index (χ0) is 25.3. The number of hydrogen-bond acceptors (Lipinski definition) is 9. The topological polar surface area (TPSA) is 123 Å². The first-order chi connectivity index (χ1) is 16.0. The van der Waals surface area contributed by atoms with E-state index in [1.807, 2.05) is 0 Å². The van der Waals surface area contributed by atoms with E-state index in [-0.39, 0.29) is 24.0 Å². The molecule has 2 aromatic rings. The third-order valence-corrected chi connectivity index (χ3v) is 6.77. The molecule has 1 aliphatic heterocycles. The number of phenolic OH excluding ortho intramolecular Hbond substituents is 1. The van der Waals surface area contributed by atoms with E-state index in [1.54, 1.807) is 13.0 Å². The Kier molecular flexibility index (Phi) is 8.27. The number of aromatic hydroxyl groups is 1. The van der Waals surface area contributed by atoms with E-state index >= 15 is 0 Å². The van der Waals surface area contributed by atoms with Crippen molar-refractivity contribution in [1.29, 1.82) is 0 Å². The highest BCUT2D eigenvalue weighted by atomic mass is 79.9. The number of carbonyl (C=O) groups is 3. The zero-order valence-electron chi connectivity index (χ0n) is 19.2. The fourth-order valence-electron chi connectivity index (χ4n) is 3.92. The summed E-state index contributed by atoms with van der Waals surface area (Å²) in [6.45, 7) is 5.67. The van der Waals surface area contributed by atoms with Gasteiger partial charge in [0.15, 0.2) is 6.10 Å². The first kappa shape index (κ1) is 26.5. The van der Waals surface area contributed by atoms with Crippen molar-refractivity contribution in [2.24, 2.45) is 5.92 Å². The minimum atomic E-state index is -0.972. The molecule has 12 heteroatoms. The number of esters is 2. The quantitative estimate of drug-likeness (QED) is 0.489. The molecular formula is C22H25Br2NO9. The average molecular weight is 607 g/mol. The molecule has 1 aromatic heterocycles. The number of nitrogens with zero attached hydrogens (tertiary/aromatic N) is 1. The Morgan fingerprint density at radius 2 is 1.74 bits per heavy atom. The van der Waals surface area contributed by atoms with Crippen molar-refractivity contribution >= 4 is 60.6 Å². The van der Waals surface area contributed by atoms with Gasteiger partial charge >= 0.3 is 11.9 Å². The van der Waals surface area contributed by atoms with Crippen molar-refractivity contribution in [2.75, 3.05) is 13.7 Å². The summed E-state index contributed by atoms with van der Waals surface area (Å²) in [4.78, 5) is 35.8. The molecule has 1 fully saturated rings. The predicted octanol–water partition coefficient (Wildman–Crippen LogP) is 3.78. The van der Waals surface area contributed by atoms with Crippen LogP contribution < -0.4 is 4.74 Å². The maximum Gasteiger partial charge on any atom is 0.303 e. The first-order valence-corrected chi connectivity index (χ1v) is 11.9. The maximum atomic E-state index is 12.3. The Hall–Kier alpha value is -2.15. The molecule has 0 unspecified atom stereocenters. The number of carbonyl (C=O) groups excluding carboxylic acids is 3. The van der Waals surface area contributed by atoms with Crippen LogP contribution in [0.5, 0.6) is 11.5 Å². The van der Waals surface area contributed by atoms with E-state index in [2.05, 4.69) is 31.9 Å². The van der Waals surface area contributed by atoms with Crippen LogP contribution in [0, 0.1) is 5.92 Å². The molecule has 1 aliphatic rings. The lowest BCUT2D eigenvalue weighted by molar-refractivity contribution is -0.267. The molecule has 10 nitrogen and oxygen atoms in total. The first-order valence-electron chi connectivity index (χ1n) is 10.3. The summed E-state index contributed by atoms with van der Waals surface area (Å²) in [7, 11) is 1.46. The van der Waals surface area contributed by atoms with Gasteiger partial charge in [0.2, 0.25) is 12.2 Å². The van der Waals surface area contributed by atoms with E-state index < -0.39 is 42.5 Å². The molecule has 3 rings (SSSR count). The monoisotopic (exact) mass is 605 g/mol. The average Bonchev–Trinajstić information content (AvgIpc) is 3.10. The van der Waals surface area contributed by atoms with Crippen LogP contribution in [-0.2, 0) is 28.5 Å². The molecular weight excluding hydrogens is 582 g/mol. The van der Waals surface area contributed by atoms with Crippen LogP contribution in [0.3, 0.4) is 0 Å². The number of aromatic nitrogens is 1. The Labute approximate surface area is 212 Å². The summed E-state index contributed by atoms with van der Waals surface area (Å²) in [6, 6.07) is 1.60. The Morgan fingerprint density at radius 1 is 1.12 bits per heavy atom. The Bertz CT molecular complexity index is 1120. The Balaban J connectivity index is 2.06. The Morgan fingerprint density at radius 3 is 2.29 bits per heavy atom. The molecule has 1 saturated heterocycles. The van der Waals surface area contributed by atoms with Gasteiger partial charge in [0.1, 0.15) is 23.7 Å². The molecule has 0 aliphatic carbocycles. The van der Waals surface area contributed by atoms with E-state index in [0.29, 0.717) is 19.8 Å². The smallest absolute Gasteiger partial charge is 0.303 e. The number of rotatable bonds is 6. The van der Waals surface area contributed by atoms with Crippen LogP contribution in [0.4, 0.5) is 0 Å². The van der Waals surface area contributed by atoms with Gasteiger partial charge in [-0.2, -0.15) is 0 Å². The van der Waals surface area contributed by atoms with Crippen LogP contribution in [0.1, 0.15) is 32.5 Å². The fourth-order valence-corrected chi connectivity index (χ4v) is 5.21. The lowest BCUT2D eigenvalue weighted by atomic mass is 9.92. The van der Waals surface area contributed by atoms with Crippen LogP contribution in [-0.4, -0.2) is 65.8 Å². The summed E-state index contributed by atoms with van der Waals surface area (Å²) in [6.07, 6.45) is -2.08. The number of methoxy groups -OCH3 is 1. The number of halogens is 2. The van der Waals surface area contributed by atoms with Crippen molar-refractivity contribution in [3.05, 3.63) is 21.2 Å². The van der Waals surface area contributed by atoms with Gasteiger partial charge in [0.25, 0.3) is 0 Å². The minimum Gasteiger partial charge on any atom is -0.506 e. The van der Waals surface area contributed by atoms with Crippen molar-refractivity contribution in [1.82, 2.24) is 4.57 Å². The highest BCUT2D eigenvalue weighted by Gasteiger charge is 2.49. The molecule has 0 radical (unpaired) electrons. The van der Waals surface area contributed by atoms with Gasteiger partial charge in [-0.3, -0.25) is 19.0 Å². The van der Waals surface area contributed by atoms with E-state index in [4.69, 9.17) is 23.7 Å². The predicted molar refractivity (Wildman–Crippen MR) is 127 cm³/mol. The summed E-state index contributed by atoms with van der Waals surface area (Å²) >= 11 is 6.65. The number of fused-ring (bicyclic) bond motifs is 1. The van der Waals surface area contributed by atoms with Crippen LogP contribution >= 0.6 is 31.9 Å². The summed E-state index contributed by atoms with van der Waals surface area (Å²) in [5, 5.41) is 10.9. The van der Waals surface area contributed by atoms with Crippen molar-refractivity contribution in [3.8, 4) is 11.5 Å². The molecule has 1 N–H and O–H groups in total. The zero-order valence-corrected chi connectivity index (χ0v) is 22.3. The van der Waals surface area contributed by atoms with Crippen LogP contribution in [0.2, 0.25) is 0 Å². The largest absolute Gasteiger partial charge is 0.506 e. The number of hydrogen-bond donors (Lipinski definition) is 1. The third-order valence-electron chi connectivity index (χ3n) is 5.39. The van der Waals surface area contributed by atoms with Crippen LogP contribution in [0.15, 0.2) is 21.2 Å². The molecule has 0 spiro atoms. The van der Waals surface area contributed by atoms with Gasteiger partial charge in [-0.25, -0.2) is 0 Å². The number of phenols is 1. The maximum absolute atomic E-state index is 12.3. The lowest BCUT2D eigenvalue weighted by Crippen LogP contribution is -2.59. The number of benzene rings is 1. The van der Waals surface area contributed by atoms with E-state index in [9.17, 15) is 19.5 Å². The minimum absolute atomic E-state index is 0.0366. The van der Waals surface area contributed by atoms with Crippen molar-refractivity contribution in [3.63, 3.8) is 0 Å². The highest BCUT2D eigenvalue weighted by molar-refractivity contribution is 9.11. The van der Waals surface area contributed by atoms with E-state index in [0.717, 1.165) is 0 Å². The fraction of sp³-hybridized carbons (Fsp3) is 0.500. The SMILES string of the molecule is COC[C@H]1O[C@@H](Oc2cn(C(C)=O)c3cc(Br)c(O)c(Br)c23)[C@H](C)[C@@H](OC(C)=O)[C@@H]1OC(C)=O. The van der Waals surface area contributed by atoms with Gasteiger partial charge < -0.3 is 28.8 Å². The molecule has 1 aromatic carbocycles. The van der Waals surface area contributed by atoms with Gasteiger partial charge in [-0.1, -0.05) is 6.92 Å². The molecule has 0 amide bonds. The summed E-state index contributed by atoms with van der Waals surface area (Å²) in [5.41, 5.74) is 0.491. The lowest BCUT2D eigenvalue weighted by Gasteiger charge is -2.43. The van der Waals surface area contributed by atoms with Gasteiger partial charge in [-0.05, 0) is 37.9 Å². The second-order valence-electron chi connectivity index (χ2n) is 7.92. The number of ether oxygens (including phenoxy) is 5. The molecule has 2 heterocycles. The molecule has 186 valence electrons. The van der Waals surface area contributed by atoms with Crippen LogP contribution in [0.25, 0.3) is 10.9 Å². The molecule has 5 atom stereocenters. The molecule has 34 heavy (non-hydrogen) atoms. The van der Waals surface area contributed by atoms with Gasteiger partial charge in [0, 0.05) is 27.9 Å². The third kappa shape index (κ3) is 5.24. The normalized spacial score (nSPS) is 24.6. The van der Waals surface area contributed by atoms with Crippen molar-refractivity contribution < 1.29 is 43.2 Å². The summed E-state index contributed by atoms with van der Waals surface area (Å²) < 4.78 is 30.5. The standard InChI is InChI=1S/C22H25Br2NO9/c1-9-20(31-11(3)27)21(32-12(4)28)16(8-30-5)34-22(9)33-15-7-25(10(2)26)14-6-13(23)19(29)18(24)17(14)15/h6-7,9,16,20-22,29H,8H2,1-5H3/t9-,16-,20-,21-,22-/m1/s1.